The van der Waals surface area contributed by atoms with Crippen molar-refractivity contribution in [2.75, 3.05) is 0 Å². The van der Waals surface area contributed by atoms with Gasteiger partial charge in [-0.05, 0) is 36.1 Å². The molecule has 0 aromatic heterocycles. The lowest BCUT2D eigenvalue weighted by Gasteiger charge is -2.07. The van der Waals surface area contributed by atoms with E-state index in [1.165, 1.54) is 11.1 Å². The Morgan fingerprint density at radius 1 is 0.938 bits per heavy atom. The average molecular weight is 214 g/mol. The second-order valence-corrected chi connectivity index (χ2v) is 4.05. The summed E-state index contributed by atoms with van der Waals surface area (Å²) in [7, 11) is 0. The molecule has 1 unspecified atom stereocenters. The van der Waals surface area contributed by atoms with Crippen LogP contribution in [0.2, 0.25) is 0 Å². The summed E-state index contributed by atoms with van der Waals surface area (Å²) >= 11 is 0. The van der Waals surface area contributed by atoms with Crippen LogP contribution >= 0.6 is 0 Å². The minimum atomic E-state index is -0.897. The zero-order valence-electron chi connectivity index (χ0n) is 9.57. The van der Waals surface area contributed by atoms with Gasteiger partial charge in [-0.15, -0.1) is 0 Å². The van der Waals surface area contributed by atoms with E-state index < -0.39 is 6.17 Å². The van der Waals surface area contributed by atoms with Crippen molar-refractivity contribution in [1.29, 1.82) is 0 Å². The number of rotatable bonds is 2. The molecule has 0 nitrogen and oxygen atoms in total. The Hall–Kier alpha value is -1.63. The van der Waals surface area contributed by atoms with Gasteiger partial charge < -0.3 is 0 Å². The van der Waals surface area contributed by atoms with E-state index in [2.05, 4.69) is 19.1 Å². The van der Waals surface area contributed by atoms with Gasteiger partial charge in [-0.1, -0.05) is 48.5 Å². The van der Waals surface area contributed by atoms with E-state index in [1.807, 2.05) is 36.4 Å². The second kappa shape index (κ2) is 4.48. The van der Waals surface area contributed by atoms with Crippen LogP contribution in [-0.4, -0.2) is 0 Å². The summed E-state index contributed by atoms with van der Waals surface area (Å²) in [5.74, 6) is 0. The molecular weight excluding hydrogens is 199 g/mol. The monoisotopic (exact) mass is 214 g/mol. The number of hydrogen-bond donors (Lipinski definition) is 0. The van der Waals surface area contributed by atoms with Crippen LogP contribution in [0, 0.1) is 6.92 Å². The minimum absolute atomic E-state index is 0.734. The van der Waals surface area contributed by atoms with E-state index in [1.54, 1.807) is 6.92 Å². The van der Waals surface area contributed by atoms with Crippen molar-refractivity contribution in [3.05, 3.63) is 59.7 Å². The topological polar surface area (TPSA) is 0 Å². The Bertz CT molecular complexity index is 469. The molecule has 2 aromatic rings. The summed E-state index contributed by atoms with van der Waals surface area (Å²) in [6.07, 6.45) is -0.897. The van der Waals surface area contributed by atoms with E-state index in [0.717, 1.165) is 11.1 Å². The smallest absolute Gasteiger partial charge is 0.122 e. The molecular formula is C15H15F. The molecule has 82 valence electrons. The molecule has 1 heteroatoms. The van der Waals surface area contributed by atoms with Crippen LogP contribution < -0.4 is 0 Å². The van der Waals surface area contributed by atoms with E-state index in [4.69, 9.17) is 0 Å². The highest BCUT2D eigenvalue weighted by Gasteiger charge is 2.04. The van der Waals surface area contributed by atoms with Gasteiger partial charge in [0.15, 0.2) is 0 Å². The number of hydrogen-bond acceptors (Lipinski definition) is 0. The quantitative estimate of drug-likeness (QED) is 0.680. The third-order valence-corrected chi connectivity index (χ3v) is 2.83. The molecule has 0 aliphatic rings. The fraction of sp³-hybridized carbons (Fsp3) is 0.200. The molecule has 0 amide bonds. The molecule has 0 saturated heterocycles. The zero-order chi connectivity index (χ0) is 11.5. The third kappa shape index (κ3) is 2.13. The number of halogens is 1. The molecule has 0 fully saturated rings. The van der Waals surface area contributed by atoms with E-state index in [0.29, 0.717) is 0 Å². The van der Waals surface area contributed by atoms with Crippen LogP contribution in [0.25, 0.3) is 11.1 Å². The molecule has 0 bridgehead atoms. The Labute approximate surface area is 95.7 Å². The molecule has 0 spiro atoms. The van der Waals surface area contributed by atoms with Gasteiger partial charge in [0.25, 0.3) is 0 Å². The van der Waals surface area contributed by atoms with Gasteiger partial charge in [0.05, 0.1) is 0 Å². The fourth-order valence-electron chi connectivity index (χ4n) is 1.82. The van der Waals surface area contributed by atoms with Crippen LogP contribution in [0.15, 0.2) is 48.5 Å². The first-order valence-corrected chi connectivity index (χ1v) is 5.48. The van der Waals surface area contributed by atoms with Gasteiger partial charge in [0.2, 0.25) is 0 Å². The van der Waals surface area contributed by atoms with Gasteiger partial charge in [-0.25, -0.2) is 4.39 Å². The Morgan fingerprint density at radius 3 is 2.12 bits per heavy atom. The van der Waals surface area contributed by atoms with Crippen molar-refractivity contribution < 1.29 is 4.39 Å². The molecule has 2 aromatic carbocycles. The van der Waals surface area contributed by atoms with Crippen molar-refractivity contribution in [1.82, 2.24) is 0 Å². The van der Waals surface area contributed by atoms with Crippen LogP contribution in [-0.2, 0) is 0 Å². The van der Waals surface area contributed by atoms with Crippen LogP contribution in [0.5, 0.6) is 0 Å². The Morgan fingerprint density at radius 2 is 1.56 bits per heavy atom. The predicted molar refractivity (Wildman–Crippen MR) is 66.1 cm³/mol. The zero-order valence-corrected chi connectivity index (χ0v) is 9.57. The minimum Gasteiger partial charge on any atom is -0.243 e. The van der Waals surface area contributed by atoms with E-state index >= 15 is 0 Å². The maximum absolute atomic E-state index is 13.0. The van der Waals surface area contributed by atoms with Crippen molar-refractivity contribution in [3.63, 3.8) is 0 Å². The van der Waals surface area contributed by atoms with Gasteiger partial charge in [0.1, 0.15) is 6.17 Å². The van der Waals surface area contributed by atoms with Gasteiger partial charge in [-0.3, -0.25) is 0 Å². The van der Waals surface area contributed by atoms with Crippen molar-refractivity contribution in [2.24, 2.45) is 0 Å². The lowest BCUT2D eigenvalue weighted by atomic mass is 9.99. The molecule has 0 aliphatic carbocycles. The maximum Gasteiger partial charge on any atom is 0.122 e. The summed E-state index contributed by atoms with van der Waals surface area (Å²) in [5.41, 5.74) is 4.32. The van der Waals surface area contributed by atoms with E-state index in [-0.39, 0.29) is 0 Å². The Balaban J connectivity index is 2.39. The van der Waals surface area contributed by atoms with Gasteiger partial charge >= 0.3 is 0 Å². The lowest BCUT2D eigenvalue weighted by molar-refractivity contribution is 0.374. The van der Waals surface area contributed by atoms with Crippen molar-refractivity contribution in [2.45, 2.75) is 20.0 Å². The first-order valence-electron chi connectivity index (χ1n) is 5.48. The van der Waals surface area contributed by atoms with Crippen LogP contribution in [0.3, 0.4) is 0 Å². The highest BCUT2D eigenvalue weighted by Crippen LogP contribution is 2.25. The number of benzene rings is 2. The molecule has 2 rings (SSSR count). The normalized spacial score (nSPS) is 12.4. The fourth-order valence-corrected chi connectivity index (χ4v) is 1.82. The van der Waals surface area contributed by atoms with Crippen LogP contribution in [0.4, 0.5) is 4.39 Å². The standard InChI is InChI=1S/C15H15F/c1-11-5-3-4-6-15(11)14-9-7-13(8-10-14)12(2)16/h3-10,12H,1-2H3. The largest absolute Gasteiger partial charge is 0.243 e. The average Bonchev–Trinajstić information content (AvgIpc) is 2.30. The third-order valence-electron chi connectivity index (χ3n) is 2.83. The summed E-state index contributed by atoms with van der Waals surface area (Å²) in [4.78, 5) is 0. The SMILES string of the molecule is Cc1ccccc1-c1ccc(C(C)F)cc1. The second-order valence-electron chi connectivity index (χ2n) is 4.05. The molecule has 0 heterocycles. The number of alkyl halides is 1. The van der Waals surface area contributed by atoms with Crippen LogP contribution in [0.1, 0.15) is 24.2 Å². The Kier molecular flexibility index (Phi) is 3.04. The highest BCUT2D eigenvalue weighted by atomic mass is 19.1. The predicted octanol–water partition coefficient (Wildman–Crippen LogP) is 4.69. The lowest BCUT2D eigenvalue weighted by Crippen LogP contribution is -1.86. The highest BCUT2D eigenvalue weighted by molar-refractivity contribution is 5.67. The summed E-state index contributed by atoms with van der Waals surface area (Å²) in [6, 6.07) is 15.9. The molecule has 0 saturated carbocycles. The maximum atomic E-state index is 13.0. The van der Waals surface area contributed by atoms with Crippen molar-refractivity contribution in [3.8, 4) is 11.1 Å². The molecule has 1 atom stereocenters. The summed E-state index contributed by atoms with van der Waals surface area (Å²) < 4.78 is 13.0. The molecule has 0 radical (unpaired) electrons. The molecule has 0 aliphatic heterocycles. The first-order chi connectivity index (χ1) is 7.68. The summed E-state index contributed by atoms with van der Waals surface area (Å²) in [6.45, 7) is 3.64. The summed E-state index contributed by atoms with van der Waals surface area (Å²) in [5, 5.41) is 0. The molecule has 16 heavy (non-hydrogen) atoms. The first kappa shape index (κ1) is 10.9. The van der Waals surface area contributed by atoms with Crippen molar-refractivity contribution >= 4 is 0 Å². The number of aryl methyl sites for hydroxylation is 1. The molecule has 0 N–H and O–H groups in total. The van der Waals surface area contributed by atoms with Gasteiger partial charge in [-0.2, -0.15) is 0 Å². The van der Waals surface area contributed by atoms with Gasteiger partial charge in [0, 0.05) is 0 Å². The van der Waals surface area contributed by atoms with E-state index in [9.17, 15) is 4.39 Å².